The number of ether oxygens (including phenoxy) is 1. The number of nitrogens with zero attached hydrogens (tertiary/aromatic N) is 3. The molecule has 1 aromatic carbocycles. The van der Waals surface area contributed by atoms with Crippen molar-refractivity contribution in [1.29, 1.82) is 0 Å². The molecule has 0 unspecified atom stereocenters. The Morgan fingerprint density at radius 1 is 1.03 bits per heavy atom. The lowest BCUT2D eigenvalue weighted by Crippen LogP contribution is -2.44. The zero-order chi connectivity index (χ0) is 25.8. The minimum Gasteiger partial charge on any atom is -0.438 e. The molecule has 1 aliphatic carbocycles. The van der Waals surface area contributed by atoms with Crippen LogP contribution in [0.4, 0.5) is 4.39 Å². The molecule has 2 amide bonds. The van der Waals surface area contributed by atoms with Gasteiger partial charge in [-0.25, -0.2) is 14.4 Å². The Bertz CT molecular complexity index is 1400. The molecule has 10 heteroatoms. The number of halogens is 1. The molecule has 0 radical (unpaired) electrons. The molecule has 0 saturated heterocycles. The topological polar surface area (TPSA) is 97.6 Å². The van der Waals surface area contributed by atoms with Gasteiger partial charge in [0.25, 0.3) is 11.8 Å². The zero-order valence-electron chi connectivity index (χ0n) is 20.2. The zero-order valence-corrected chi connectivity index (χ0v) is 21.0. The summed E-state index contributed by atoms with van der Waals surface area (Å²) in [6.45, 7) is 0. The van der Waals surface area contributed by atoms with Gasteiger partial charge in [0.2, 0.25) is 5.88 Å². The highest BCUT2D eigenvalue weighted by Gasteiger charge is 2.26. The van der Waals surface area contributed by atoms with E-state index in [0.29, 0.717) is 42.8 Å². The number of hydrogen-bond acceptors (Lipinski definition) is 6. The molecule has 2 N–H and O–H groups in total. The Labute approximate surface area is 217 Å². The summed E-state index contributed by atoms with van der Waals surface area (Å²) in [5.74, 6) is -0.712. The molecule has 3 aromatic heterocycles. The lowest BCUT2D eigenvalue weighted by atomic mass is 9.91. The highest BCUT2D eigenvalue weighted by atomic mass is 32.2. The third kappa shape index (κ3) is 5.91. The quantitative estimate of drug-likeness (QED) is 0.339. The molecule has 8 nitrogen and oxygen atoms in total. The standard InChI is InChI=1S/C27H26FN5O3S/c1-37-21-6-4-5-20(14-21)36-27-22(13-17(28)15-29-27)25(34)30-18-8-10-19(11-9-18)31-26(35)23-16-33-12-3-2-7-24(33)32-23/h2-7,12-16,18-19H,8-11H2,1H3,(H,30,34)(H,31,35). The predicted octanol–water partition coefficient (Wildman–Crippen LogP) is 4.85. The summed E-state index contributed by atoms with van der Waals surface area (Å²) in [7, 11) is 0. The molecule has 3 heterocycles. The van der Waals surface area contributed by atoms with E-state index >= 15 is 0 Å². The van der Waals surface area contributed by atoms with Crippen molar-refractivity contribution in [3.8, 4) is 11.6 Å². The SMILES string of the molecule is CSc1cccc(Oc2ncc(F)cc2C(=O)NC2CCC(NC(=O)c3cn4ccccc4n3)CC2)c1. The van der Waals surface area contributed by atoms with Gasteiger partial charge in [0, 0.05) is 29.4 Å². The van der Waals surface area contributed by atoms with Gasteiger partial charge < -0.3 is 19.8 Å². The summed E-state index contributed by atoms with van der Waals surface area (Å²) < 4.78 is 21.6. The minimum atomic E-state index is -0.617. The third-order valence-electron chi connectivity index (χ3n) is 6.31. The Hall–Kier alpha value is -3.92. The van der Waals surface area contributed by atoms with Crippen molar-refractivity contribution in [3.63, 3.8) is 0 Å². The van der Waals surface area contributed by atoms with Crippen LogP contribution in [0, 0.1) is 5.82 Å². The van der Waals surface area contributed by atoms with Crippen LogP contribution in [0.3, 0.4) is 0 Å². The van der Waals surface area contributed by atoms with Gasteiger partial charge in [-0.3, -0.25) is 9.59 Å². The van der Waals surface area contributed by atoms with Crippen LogP contribution < -0.4 is 15.4 Å². The molecule has 1 saturated carbocycles. The van der Waals surface area contributed by atoms with Crippen LogP contribution in [0.1, 0.15) is 46.5 Å². The second-order valence-electron chi connectivity index (χ2n) is 8.88. The minimum absolute atomic E-state index is 0.0103. The molecule has 0 atom stereocenters. The van der Waals surface area contributed by atoms with Crippen molar-refractivity contribution in [2.24, 2.45) is 0 Å². The fourth-order valence-electron chi connectivity index (χ4n) is 4.40. The average molecular weight is 520 g/mol. The molecule has 0 aliphatic heterocycles. The van der Waals surface area contributed by atoms with Gasteiger partial charge in [-0.2, -0.15) is 0 Å². The van der Waals surface area contributed by atoms with Crippen LogP contribution in [0.5, 0.6) is 11.6 Å². The highest BCUT2D eigenvalue weighted by Crippen LogP contribution is 2.28. The maximum Gasteiger partial charge on any atom is 0.271 e. The molecule has 5 rings (SSSR count). The molecule has 190 valence electrons. The molecule has 1 aliphatic rings. The number of fused-ring (bicyclic) bond motifs is 1. The number of imidazole rings is 1. The summed E-state index contributed by atoms with van der Waals surface area (Å²) in [6.07, 6.45) is 9.30. The first kappa shape index (κ1) is 24.8. The first-order valence-electron chi connectivity index (χ1n) is 12.0. The van der Waals surface area contributed by atoms with Gasteiger partial charge in [0.15, 0.2) is 0 Å². The third-order valence-corrected chi connectivity index (χ3v) is 7.04. The van der Waals surface area contributed by atoms with Crippen LogP contribution in [-0.4, -0.2) is 44.5 Å². The van der Waals surface area contributed by atoms with Gasteiger partial charge in [-0.15, -0.1) is 11.8 Å². The Balaban J connectivity index is 1.18. The summed E-state index contributed by atoms with van der Waals surface area (Å²) in [5.41, 5.74) is 1.12. The van der Waals surface area contributed by atoms with Crippen LogP contribution in [0.25, 0.3) is 5.65 Å². The lowest BCUT2D eigenvalue weighted by molar-refractivity contribution is 0.0888. The van der Waals surface area contributed by atoms with Gasteiger partial charge in [-0.1, -0.05) is 12.1 Å². The maximum absolute atomic E-state index is 14.0. The first-order valence-corrected chi connectivity index (χ1v) is 13.2. The molecule has 1 fully saturated rings. The van der Waals surface area contributed by atoms with E-state index in [1.165, 1.54) is 0 Å². The number of pyridine rings is 2. The van der Waals surface area contributed by atoms with E-state index in [1.54, 1.807) is 28.4 Å². The van der Waals surface area contributed by atoms with Gasteiger partial charge in [-0.05, 0) is 68.3 Å². The van der Waals surface area contributed by atoms with Crippen molar-refractivity contribution < 1.29 is 18.7 Å². The fraction of sp³-hybridized carbons (Fsp3) is 0.259. The smallest absolute Gasteiger partial charge is 0.271 e. The summed E-state index contributed by atoms with van der Waals surface area (Å²) in [5, 5.41) is 6.02. The van der Waals surface area contributed by atoms with E-state index < -0.39 is 11.7 Å². The van der Waals surface area contributed by atoms with Gasteiger partial charge >= 0.3 is 0 Å². The number of rotatable bonds is 7. The molecule has 0 spiro atoms. The highest BCUT2D eigenvalue weighted by molar-refractivity contribution is 7.98. The Morgan fingerprint density at radius 2 is 1.78 bits per heavy atom. The normalized spacial score (nSPS) is 17.4. The molecular weight excluding hydrogens is 493 g/mol. The Morgan fingerprint density at radius 3 is 2.51 bits per heavy atom. The summed E-state index contributed by atoms with van der Waals surface area (Å²) in [6, 6.07) is 14.0. The van der Waals surface area contributed by atoms with E-state index in [9.17, 15) is 14.0 Å². The van der Waals surface area contributed by atoms with E-state index in [0.717, 1.165) is 17.2 Å². The maximum atomic E-state index is 14.0. The number of nitrogens with one attached hydrogen (secondary N) is 2. The van der Waals surface area contributed by atoms with Crippen molar-refractivity contribution in [1.82, 2.24) is 25.0 Å². The monoisotopic (exact) mass is 519 g/mol. The summed E-state index contributed by atoms with van der Waals surface area (Å²) in [4.78, 5) is 35.1. The molecule has 4 aromatic rings. The number of amides is 2. The van der Waals surface area contributed by atoms with Crippen molar-refractivity contribution in [2.75, 3.05) is 6.26 Å². The van der Waals surface area contributed by atoms with E-state index in [4.69, 9.17) is 4.74 Å². The van der Waals surface area contributed by atoms with Crippen LogP contribution in [0.15, 0.2) is 72.0 Å². The van der Waals surface area contributed by atoms with Crippen molar-refractivity contribution in [3.05, 3.63) is 84.2 Å². The summed E-state index contributed by atoms with van der Waals surface area (Å²) >= 11 is 1.56. The largest absolute Gasteiger partial charge is 0.438 e. The molecule has 0 bridgehead atoms. The molecule has 37 heavy (non-hydrogen) atoms. The van der Waals surface area contributed by atoms with E-state index in [-0.39, 0.29) is 29.4 Å². The molecular formula is C27H26FN5O3S. The predicted molar refractivity (Wildman–Crippen MR) is 139 cm³/mol. The number of benzene rings is 1. The van der Waals surface area contributed by atoms with Crippen LogP contribution in [0.2, 0.25) is 0 Å². The number of carbonyl (C=O) groups excluding carboxylic acids is 2. The first-order chi connectivity index (χ1) is 18.0. The number of hydrogen-bond donors (Lipinski definition) is 2. The number of thioether (sulfide) groups is 1. The number of carbonyl (C=O) groups is 2. The Kier molecular flexibility index (Phi) is 7.36. The van der Waals surface area contributed by atoms with Crippen molar-refractivity contribution in [2.45, 2.75) is 42.7 Å². The second kappa shape index (κ2) is 11.0. The average Bonchev–Trinajstić information content (AvgIpc) is 3.35. The lowest BCUT2D eigenvalue weighted by Gasteiger charge is -2.29. The fourth-order valence-corrected chi connectivity index (χ4v) is 4.84. The number of aromatic nitrogens is 3. The second-order valence-corrected chi connectivity index (χ2v) is 9.75. The van der Waals surface area contributed by atoms with Crippen molar-refractivity contribution >= 4 is 29.2 Å². The van der Waals surface area contributed by atoms with Crippen LogP contribution >= 0.6 is 11.8 Å². The van der Waals surface area contributed by atoms with E-state index in [1.807, 2.05) is 48.9 Å². The van der Waals surface area contributed by atoms with E-state index in [2.05, 4.69) is 20.6 Å². The van der Waals surface area contributed by atoms with Gasteiger partial charge in [0.05, 0.1) is 6.20 Å². The van der Waals surface area contributed by atoms with Crippen LogP contribution in [-0.2, 0) is 0 Å². The van der Waals surface area contributed by atoms with Gasteiger partial charge in [0.1, 0.15) is 28.5 Å².